The molecule has 1 heterocycles. The molecule has 1 aromatic heterocycles. The molecule has 27 heavy (non-hydrogen) atoms. The van der Waals surface area contributed by atoms with Gasteiger partial charge in [-0.3, -0.25) is 0 Å². The largest absolute Gasteiger partial charge is 0.505 e. The number of nitrogens with one attached hydrogen (secondary N) is 1. The highest BCUT2D eigenvalue weighted by Gasteiger charge is 2.14. The lowest BCUT2D eigenvalue weighted by molar-refractivity contribution is 0.144. The molecule has 0 radical (unpaired) electrons. The van der Waals surface area contributed by atoms with Crippen LogP contribution in [0.3, 0.4) is 0 Å². The van der Waals surface area contributed by atoms with Crippen molar-refractivity contribution in [2.75, 3.05) is 32.8 Å². The molecule has 0 aliphatic rings. The van der Waals surface area contributed by atoms with Crippen molar-refractivity contribution in [2.45, 2.75) is 0 Å². The molecule has 0 saturated heterocycles. The summed E-state index contributed by atoms with van der Waals surface area (Å²) in [6, 6.07) is 4.83. The van der Waals surface area contributed by atoms with Gasteiger partial charge in [0.05, 0.1) is 24.9 Å². The van der Waals surface area contributed by atoms with Crippen molar-refractivity contribution in [3.63, 3.8) is 0 Å². The number of rotatable bonds is 7. The van der Waals surface area contributed by atoms with Gasteiger partial charge in [-0.2, -0.15) is 0 Å². The van der Waals surface area contributed by atoms with E-state index in [0.29, 0.717) is 41.7 Å². The van der Waals surface area contributed by atoms with Crippen LogP contribution in [-0.4, -0.2) is 42.5 Å². The van der Waals surface area contributed by atoms with Crippen LogP contribution in [0, 0.1) is 11.6 Å². The van der Waals surface area contributed by atoms with Gasteiger partial charge in [0.1, 0.15) is 24.6 Å². The van der Waals surface area contributed by atoms with Gasteiger partial charge in [-0.25, -0.2) is 18.7 Å². The standard InChI is InChI=1S/C18H17F2N3O4/c1-25-3-4-27-17-8-13-10(5-16(17)26-2)18(22-9-21-13)23-14-7-15(24)12(20)6-11(14)19/h5-9,24H,3-4H2,1-2H3,(H,21,22,23). The molecule has 142 valence electrons. The SMILES string of the molecule is COCCOc1cc2ncnc(Nc3cc(O)c(F)cc3F)c2cc1OC. The Bertz CT molecular complexity index is 969. The molecule has 0 amide bonds. The highest BCUT2D eigenvalue weighted by molar-refractivity contribution is 5.93. The molecular formula is C18H17F2N3O4. The maximum absolute atomic E-state index is 14.0. The predicted octanol–water partition coefficient (Wildman–Crippen LogP) is 3.39. The molecule has 2 aromatic carbocycles. The van der Waals surface area contributed by atoms with E-state index in [0.717, 1.165) is 6.07 Å². The molecule has 3 aromatic rings. The van der Waals surface area contributed by atoms with Gasteiger partial charge < -0.3 is 24.6 Å². The lowest BCUT2D eigenvalue weighted by Gasteiger charge is -2.14. The summed E-state index contributed by atoms with van der Waals surface area (Å²) >= 11 is 0. The molecule has 7 nitrogen and oxygen atoms in total. The molecule has 0 aliphatic heterocycles. The predicted molar refractivity (Wildman–Crippen MR) is 94.8 cm³/mol. The lowest BCUT2D eigenvalue weighted by Crippen LogP contribution is -2.06. The van der Waals surface area contributed by atoms with Crippen LogP contribution in [0.1, 0.15) is 0 Å². The Kier molecular flexibility index (Phi) is 5.51. The van der Waals surface area contributed by atoms with E-state index >= 15 is 0 Å². The monoisotopic (exact) mass is 377 g/mol. The molecule has 0 fully saturated rings. The molecule has 2 N–H and O–H groups in total. The fraction of sp³-hybridized carbons (Fsp3) is 0.222. The molecule has 0 bridgehead atoms. The molecule has 0 saturated carbocycles. The zero-order chi connectivity index (χ0) is 19.4. The van der Waals surface area contributed by atoms with Crippen LogP contribution < -0.4 is 14.8 Å². The lowest BCUT2D eigenvalue weighted by atomic mass is 10.2. The minimum Gasteiger partial charge on any atom is -0.505 e. The fourth-order valence-corrected chi connectivity index (χ4v) is 2.43. The van der Waals surface area contributed by atoms with Crippen molar-refractivity contribution < 1.29 is 28.1 Å². The summed E-state index contributed by atoms with van der Waals surface area (Å²) in [6.45, 7) is 0.736. The van der Waals surface area contributed by atoms with E-state index < -0.39 is 17.4 Å². The van der Waals surface area contributed by atoms with Gasteiger partial charge in [-0.1, -0.05) is 0 Å². The summed E-state index contributed by atoms with van der Waals surface area (Å²) in [5, 5.41) is 12.7. The molecule has 3 rings (SSSR count). The Labute approximate surface area is 153 Å². The molecule has 0 atom stereocenters. The summed E-state index contributed by atoms with van der Waals surface area (Å²) in [7, 11) is 3.05. The van der Waals surface area contributed by atoms with Gasteiger partial charge in [0.15, 0.2) is 23.1 Å². The van der Waals surface area contributed by atoms with Crippen molar-refractivity contribution >= 4 is 22.4 Å². The number of nitrogens with zero attached hydrogens (tertiary/aromatic N) is 2. The van der Waals surface area contributed by atoms with Crippen LogP contribution in [0.25, 0.3) is 10.9 Å². The highest BCUT2D eigenvalue weighted by Crippen LogP contribution is 2.35. The Morgan fingerprint density at radius 3 is 2.56 bits per heavy atom. The zero-order valence-corrected chi connectivity index (χ0v) is 14.6. The van der Waals surface area contributed by atoms with Crippen LogP contribution in [0.15, 0.2) is 30.6 Å². The number of ether oxygens (including phenoxy) is 3. The number of aromatic hydroxyl groups is 1. The molecule has 9 heteroatoms. The summed E-state index contributed by atoms with van der Waals surface area (Å²) < 4.78 is 43.1. The third kappa shape index (κ3) is 3.98. The van der Waals surface area contributed by atoms with Gasteiger partial charge in [0, 0.05) is 30.7 Å². The third-order valence-corrected chi connectivity index (χ3v) is 3.76. The van der Waals surface area contributed by atoms with Gasteiger partial charge in [0.2, 0.25) is 0 Å². The number of benzene rings is 2. The maximum atomic E-state index is 14.0. The number of aromatic nitrogens is 2. The number of hydrogen-bond donors (Lipinski definition) is 2. The average Bonchev–Trinajstić information content (AvgIpc) is 2.66. The van der Waals surface area contributed by atoms with E-state index in [1.807, 2.05) is 0 Å². The number of phenols is 1. The number of methoxy groups -OCH3 is 2. The number of halogens is 2. The van der Waals surface area contributed by atoms with Crippen molar-refractivity contribution in [3.8, 4) is 17.2 Å². The summed E-state index contributed by atoms with van der Waals surface area (Å²) in [4.78, 5) is 8.28. The van der Waals surface area contributed by atoms with Crippen molar-refractivity contribution in [3.05, 3.63) is 42.2 Å². The van der Waals surface area contributed by atoms with Gasteiger partial charge in [-0.15, -0.1) is 0 Å². The quantitative estimate of drug-likeness (QED) is 0.611. The van der Waals surface area contributed by atoms with E-state index in [2.05, 4.69) is 15.3 Å². The normalized spacial score (nSPS) is 10.8. The van der Waals surface area contributed by atoms with Crippen LogP contribution >= 0.6 is 0 Å². The molecule has 0 unspecified atom stereocenters. The number of phenolic OH excluding ortho intramolecular Hbond substituents is 1. The summed E-state index contributed by atoms with van der Waals surface area (Å²) in [6.07, 6.45) is 1.29. The summed E-state index contributed by atoms with van der Waals surface area (Å²) in [5.41, 5.74) is 0.390. The molecule has 0 aliphatic carbocycles. The van der Waals surface area contributed by atoms with Crippen LogP contribution in [-0.2, 0) is 4.74 Å². The first-order valence-electron chi connectivity index (χ1n) is 7.93. The minimum absolute atomic E-state index is 0.131. The first-order valence-corrected chi connectivity index (χ1v) is 7.93. The number of hydrogen-bond acceptors (Lipinski definition) is 7. The average molecular weight is 377 g/mol. The second-order valence-corrected chi connectivity index (χ2v) is 5.49. The van der Waals surface area contributed by atoms with Gasteiger partial charge in [0.25, 0.3) is 0 Å². The van der Waals surface area contributed by atoms with Crippen LogP contribution in [0.5, 0.6) is 17.2 Å². The molecule has 0 spiro atoms. The fourth-order valence-electron chi connectivity index (χ4n) is 2.43. The highest BCUT2D eigenvalue weighted by atomic mass is 19.1. The van der Waals surface area contributed by atoms with E-state index in [1.54, 1.807) is 19.2 Å². The van der Waals surface area contributed by atoms with Crippen molar-refractivity contribution in [1.29, 1.82) is 0 Å². The van der Waals surface area contributed by atoms with Crippen molar-refractivity contribution in [2.24, 2.45) is 0 Å². The minimum atomic E-state index is -1.05. The number of anilines is 2. The number of fused-ring (bicyclic) bond motifs is 1. The first-order chi connectivity index (χ1) is 13.0. The summed E-state index contributed by atoms with van der Waals surface area (Å²) in [5.74, 6) is -1.44. The Balaban J connectivity index is 2.00. The molecular weight excluding hydrogens is 360 g/mol. The van der Waals surface area contributed by atoms with Gasteiger partial charge in [-0.05, 0) is 6.07 Å². The van der Waals surface area contributed by atoms with Crippen LogP contribution in [0.4, 0.5) is 20.3 Å². The van der Waals surface area contributed by atoms with Gasteiger partial charge >= 0.3 is 0 Å². The van der Waals surface area contributed by atoms with E-state index in [-0.39, 0.29) is 11.5 Å². The first kappa shape index (κ1) is 18.6. The smallest absolute Gasteiger partial charge is 0.167 e. The van der Waals surface area contributed by atoms with E-state index in [9.17, 15) is 13.9 Å². The van der Waals surface area contributed by atoms with E-state index in [1.165, 1.54) is 13.4 Å². The topological polar surface area (TPSA) is 85.7 Å². The zero-order valence-electron chi connectivity index (χ0n) is 14.6. The second-order valence-electron chi connectivity index (χ2n) is 5.49. The second kappa shape index (κ2) is 8.00. The van der Waals surface area contributed by atoms with Crippen LogP contribution in [0.2, 0.25) is 0 Å². The Hall–Kier alpha value is -3.20. The Morgan fingerprint density at radius 2 is 1.81 bits per heavy atom. The van der Waals surface area contributed by atoms with Crippen molar-refractivity contribution in [1.82, 2.24) is 9.97 Å². The maximum Gasteiger partial charge on any atom is 0.167 e. The van der Waals surface area contributed by atoms with E-state index in [4.69, 9.17) is 14.2 Å². The Morgan fingerprint density at radius 1 is 1.00 bits per heavy atom. The third-order valence-electron chi connectivity index (χ3n) is 3.76.